The maximum Gasteiger partial charge on any atom is 0.334 e. The predicted molar refractivity (Wildman–Crippen MR) is 121 cm³/mol. The van der Waals surface area contributed by atoms with E-state index in [1.807, 2.05) is 56.6 Å². The van der Waals surface area contributed by atoms with E-state index in [4.69, 9.17) is 16.3 Å². The lowest BCUT2D eigenvalue weighted by atomic mass is 10.1. The molecule has 31 heavy (non-hydrogen) atoms. The Morgan fingerprint density at radius 1 is 1.10 bits per heavy atom. The third kappa shape index (κ3) is 3.47. The van der Waals surface area contributed by atoms with Gasteiger partial charge in [0.05, 0.1) is 41.9 Å². The lowest BCUT2D eigenvalue weighted by Gasteiger charge is -2.36. The number of fused-ring (bicyclic) bond motifs is 2. The number of aromatic nitrogens is 3. The van der Waals surface area contributed by atoms with Gasteiger partial charge in [-0.05, 0) is 49.4 Å². The molecular formula is C23H20ClN5O2. The van der Waals surface area contributed by atoms with Gasteiger partial charge in [-0.25, -0.2) is 4.79 Å². The summed E-state index contributed by atoms with van der Waals surface area (Å²) < 4.78 is 7.39. The normalized spacial score (nSPS) is 13.6. The summed E-state index contributed by atoms with van der Waals surface area (Å²) in [7, 11) is 1.88. The van der Waals surface area contributed by atoms with Crippen LogP contribution in [-0.2, 0) is 13.6 Å². The number of aryl methyl sites for hydroxylation is 1. The molecule has 0 atom stereocenters. The van der Waals surface area contributed by atoms with Crippen LogP contribution < -0.4 is 14.5 Å². The first-order valence-corrected chi connectivity index (χ1v) is 10.3. The number of pyridine rings is 1. The van der Waals surface area contributed by atoms with Crippen LogP contribution in [-0.4, -0.2) is 27.4 Å². The van der Waals surface area contributed by atoms with Crippen molar-refractivity contribution in [2.45, 2.75) is 13.5 Å². The number of urea groups is 1. The van der Waals surface area contributed by atoms with E-state index in [0.717, 1.165) is 22.3 Å². The van der Waals surface area contributed by atoms with Gasteiger partial charge in [-0.15, -0.1) is 0 Å². The average molecular weight is 434 g/mol. The van der Waals surface area contributed by atoms with E-state index in [1.165, 1.54) is 0 Å². The van der Waals surface area contributed by atoms with Crippen molar-refractivity contribution >= 4 is 45.6 Å². The van der Waals surface area contributed by atoms with E-state index in [-0.39, 0.29) is 6.03 Å². The molecule has 4 aromatic rings. The van der Waals surface area contributed by atoms with Gasteiger partial charge in [0.25, 0.3) is 0 Å². The van der Waals surface area contributed by atoms with Crippen LogP contribution in [0.3, 0.4) is 0 Å². The van der Waals surface area contributed by atoms with Crippen LogP contribution in [0.2, 0.25) is 5.02 Å². The Labute approximate surface area is 184 Å². The minimum atomic E-state index is -0.173. The van der Waals surface area contributed by atoms with Crippen LogP contribution in [0, 0.1) is 0 Å². The Morgan fingerprint density at radius 3 is 2.65 bits per heavy atom. The van der Waals surface area contributed by atoms with E-state index in [9.17, 15) is 4.79 Å². The van der Waals surface area contributed by atoms with Crippen molar-refractivity contribution in [3.05, 3.63) is 71.6 Å². The molecule has 0 saturated carbocycles. The summed E-state index contributed by atoms with van der Waals surface area (Å²) in [5.74, 6) is 0.623. The summed E-state index contributed by atoms with van der Waals surface area (Å²) >= 11 is 6.08. The molecular weight excluding hydrogens is 414 g/mol. The smallest absolute Gasteiger partial charge is 0.334 e. The standard InChI is InChI=1S/C23H20ClN5O2/c1-3-31-19-11-22-21(25-12-19)14-28(18-8-9-20-15(10-18)13-27(2)26-20)23(30)29(22)17-6-4-16(24)5-7-17/h4-13H,3,14H2,1-2H3. The number of hydrogen-bond donors (Lipinski definition) is 0. The van der Waals surface area contributed by atoms with Gasteiger partial charge in [0, 0.05) is 35.4 Å². The Balaban J connectivity index is 1.63. The second-order valence-corrected chi connectivity index (χ2v) is 7.73. The molecule has 8 heteroatoms. The third-order valence-electron chi connectivity index (χ3n) is 5.20. The van der Waals surface area contributed by atoms with Crippen molar-refractivity contribution in [2.75, 3.05) is 16.4 Å². The van der Waals surface area contributed by atoms with E-state index in [2.05, 4.69) is 10.1 Å². The van der Waals surface area contributed by atoms with Crippen molar-refractivity contribution in [3.8, 4) is 5.75 Å². The molecule has 0 radical (unpaired) electrons. The predicted octanol–water partition coefficient (Wildman–Crippen LogP) is 5.30. The summed E-state index contributed by atoms with van der Waals surface area (Å²) in [4.78, 5) is 21.7. The first kappa shape index (κ1) is 19.4. The molecule has 156 valence electrons. The van der Waals surface area contributed by atoms with Crippen molar-refractivity contribution in [2.24, 2.45) is 7.05 Å². The van der Waals surface area contributed by atoms with Crippen molar-refractivity contribution in [3.63, 3.8) is 0 Å². The SMILES string of the molecule is CCOc1cnc2c(c1)N(c1ccc(Cl)cc1)C(=O)N(c1ccc3nn(C)cc3c1)C2. The van der Waals surface area contributed by atoms with Gasteiger partial charge < -0.3 is 4.74 Å². The van der Waals surface area contributed by atoms with Crippen molar-refractivity contribution in [1.82, 2.24) is 14.8 Å². The molecule has 0 saturated heterocycles. The molecule has 0 unspecified atom stereocenters. The first-order chi connectivity index (χ1) is 15.0. The van der Waals surface area contributed by atoms with Gasteiger partial charge in [-0.1, -0.05) is 11.6 Å². The minimum absolute atomic E-state index is 0.173. The largest absolute Gasteiger partial charge is 0.492 e. The molecule has 2 aromatic heterocycles. The maximum absolute atomic E-state index is 13.7. The van der Waals surface area contributed by atoms with Gasteiger partial charge in [-0.3, -0.25) is 19.5 Å². The highest BCUT2D eigenvalue weighted by atomic mass is 35.5. The summed E-state index contributed by atoms with van der Waals surface area (Å²) in [6, 6.07) is 14.7. The van der Waals surface area contributed by atoms with E-state index in [1.54, 1.807) is 32.8 Å². The van der Waals surface area contributed by atoms with Crippen LogP contribution in [0.15, 0.2) is 60.9 Å². The number of hydrogen-bond acceptors (Lipinski definition) is 4. The second-order valence-electron chi connectivity index (χ2n) is 7.30. The Morgan fingerprint density at radius 2 is 1.87 bits per heavy atom. The average Bonchev–Trinajstić information content (AvgIpc) is 3.14. The lowest BCUT2D eigenvalue weighted by Crippen LogP contribution is -2.45. The van der Waals surface area contributed by atoms with Crippen molar-refractivity contribution < 1.29 is 9.53 Å². The highest BCUT2D eigenvalue weighted by Gasteiger charge is 2.34. The zero-order chi connectivity index (χ0) is 21.5. The maximum atomic E-state index is 13.7. The van der Waals surface area contributed by atoms with Gasteiger partial charge in [0.1, 0.15) is 5.75 Å². The fourth-order valence-corrected chi connectivity index (χ4v) is 3.94. The number of halogens is 1. The number of rotatable bonds is 4. The molecule has 7 nitrogen and oxygen atoms in total. The van der Waals surface area contributed by atoms with Gasteiger partial charge >= 0.3 is 6.03 Å². The highest BCUT2D eigenvalue weighted by molar-refractivity contribution is 6.30. The number of carbonyl (C=O) groups excluding carboxylic acids is 1. The Hall–Kier alpha value is -3.58. The van der Waals surface area contributed by atoms with Crippen LogP contribution in [0.1, 0.15) is 12.6 Å². The lowest BCUT2D eigenvalue weighted by molar-refractivity contribution is 0.252. The summed E-state index contributed by atoms with van der Waals surface area (Å²) in [5.41, 5.74) is 3.86. The molecule has 1 aliphatic rings. The third-order valence-corrected chi connectivity index (χ3v) is 5.46. The molecule has 1 aliphatic heterocycles. The van der Waals surface area contributed by atoms with Crippen molar-refractivity contribution in [1.29, 1.82) is 0 Å². The topological polar surface area (TPSA) is 63.5 Å². The van der Waals surface area contributed by atoms with Gasteiger partial charge in [0.15, 0.2) is 0 Å². The minimum Gasteiger partial charge on any atom is -0.492 e. The number of carbonyl (C=O) groups is 1. The zero-order valence-corrected chi connectivity index (χ0v) is 17.9. The van der Waals surface area contributed by atoms with Crippen LogP contribution >= 0.6 is 11.6 Å². The molecule has 2 aromatic carbocycles. The second kappa shape index (κ2) is 7.59. The summed E-state index contributed by atoms with van der Waals surface area (Å²) in [5, 5.41) is 5.99. The number of amides is 2. The summed E-state index contributed by atoms with van der Waals surface area (Å²) in [6.45, 7) is 2.79. The van der Waals surface area contributed by atoms with Crippen LogP contribution in [0.5, 0.6) is 5.75 Å². The van der Waals surface area contributed by atoms with E-state index in [0.29, 0.717) is 35.3 Å². The highest BCUT2D eigenvalue weighted by Crippen LogP contribution is 2.38. The van der Waals surface area contributed by atoms with Crippen LogP contribution in [0.25, 0.3) is 10.9 Å². The number of nitrogens with zero attached hydrogens (tertiary/aromatic N) is 5. The number of anilines is 3. The van der Waals surface area contributed by atoms with Crippen LogP contribution in [0.4, 0.5) is 21.9 Å². The van der Waals surface area contributed by atoms with Gasteiger partial charge in [-0.2, -0.15) is 5.10 Å². The fraction of sp³-hybridized carbons (Fsp3) is 0.174. The molecule has 2 amide bonds. The van der Waals surface area contributed by atoms with E-state index >= 15 is 0 Å². The fourth-order valence-electron chi connectivity index (χ4n) is 3.81. The molecule has 3 heterocycles. The zero-order valence-electron chi connectivity index (χ0n) is 17.1. The monoisotopic (exact) mass is 433 g/mol. The Bertz CT molecular complexity index is 1290. The van der Waals surface area contributed by atoms with Gasteiger partial charge in [0.2, 0.25) is 0 Å². The molecule has 5 rings (SSSR count). The Kier molecular flexibility index (Phi) is 4.75. The molecule has 0 aliphatic carbocycles. The summed E-state index contributed by atoms with van der Waals surface area (Å²) in [6.07, 6.45) is 3.63. The quantitative estimate of drug-likeness (QED) is 0.438. The molecule has 0 bridgehead atoms. The first-order valence-electron chi connectivity index (χ1n) is 9.96. The van der Waals surface area contributed by atoms with E-state index < -0.39 is 0 Å². The number of ether oxygens (including phenoxy) is 1. The molecule has 0 spiro atoms. The molecule has 0 N–H and O–H groups in total. The molecule has 0 fully saturated rings. The number of benzene rings is 2.